The number of hydrogen-bond acceptors (Lipinski definition) is 2. The van der Waals surface area contributed by atoms with Gasteiger partial charge in [0.1, 0.15) is 5.82 Å². The Morgan fingerprint density at radius 3 is 2.71 bits per heavy atom. The second-order valence-corrected chi connectivity index (χ2v) is 5.66. The molecule has 0 aliphatic carbocycles. The molecule has 3 nitrogen and oxygen atoms in total. The third-order valence-electron chi connectivity index (χ3n) is 4.03. The van der Waals surface area contributed by atoms with E-state index in [2.05, 4.69) is 67.0 Å². The van der Waals surface area contributed by atoms with Gasteiger partial charge in [0.05, 0.1) is 6.04 Å². The maximum Gasteiger partial charge on any atom is 0.130 e. The number of benzene rings is 1. The van der Waals surface area contributed by atoms with Gasteiger partial charge < -0.3 is 9.88 Å². The maximum absolute atomic E-state index is 4.64. The summed E-state index contributed by atoms with van der Waals surface area (Å²) in [5.74, 6) is 1.12. The van der Waals surface area contributed by atoms with Crippen LogP contribution in [-0.4, -0.2) is 16.1 Å². The molecule has 114 valence electrons. The molecule has 0 bridgehead atoms. The van der Waals surface area contributed by atoms with E-state index >= 15 is 0 Å². The van der Waals surface area contributed by atoms with Gasteiger partial charge in [0, 0.05) is 18.9 Å². The van der Waals surface area contributed by atoms with Crippen molar-refractivity contribution in [1.29, 1.82) is 0 Å². The van der Waals surface area contributed by atoms with E-state index in [1.807, 2.05) is 6.20 Å². The lowest BCUT2D eigenvalue weighted by Gasteiger charge is -2.22. The average Bonchev–Trinajstić information content (AvgIpc) is 2.92. The van der Waals surface area contributed by atoms with Crippen molar-refractivity contribution in [2.24, 2.45) is 0 Å². The number of hydrogen-bond donors (Lipinski definition) is 1. The highest BCUT2D eigenvalue weighted by atomic mass is 15.1. The van der Waals surface area contributed by atoms with Gasteiger partial charge in [-0.1, -0.05) is 32.0 Å². The monoisotopic (exact) mass is 285 g/mol. The molecular formula is C18H27N3. The summed E-state index contributed by atoms with van der Waals surface area (Å²) in [6.07, 6.45) is 6.24. The molecule has 0 spiro atoms. The molecule has 1 unspecified atom stereocenters. The Labute approximate surface area is 128 Å². The zero-order chi connectivity index (χ0) is 15.2. The summed E-state index contributed by atoms with van der Waals surface area (Å²) in [4.78, 5) is 4.64. The Hall–Kier alpha value is -1.61. The number of rotatable bonds is 7. The van der Waals surface area contributed by atoms with Gasteiger partial charge in [-0.05, 0) is 49.9 Å². The third kappa shape index (κ3) is 3.53. The molecule has 1 N–H and O–H groups in total. The lowest BCUT2D eigenvalue weighted by molar-refractivity contribution is 0.528. The molecule has 2 rings (SSSR count). The van der Waals surface area contributed by atoms with Crippen molar-refractivity contribution in [3.05, 3.63) is 53.1 Å². The van der Waals surface area contributed by atoms with Gasteiger partial charge in [0.15, 0.2) is 0 Å². The fourth-order valence-electron chi connectivity index (χ4n) is 2.73. The van der Waals surface area contributed by atoms with Crippen LogP contribution in [-0.2, 0) is 6.54 Å². The van der Waals surface area contributed by atoms with Crippen molar-refractivity contribution >= 4 is 0 Å². The molecule has 0 amide bonds. The molecule has 21 heavy (non-hydrogen) atoms. The Morgan fingerprint density at radius 2 is 2.00 bits per heavy atom. The number of nitrogens with zero attached hydrogens (tertiary/aromatic N) is 2. The van der Waals surface area contributed by atoms with Crippen molar-refractivity contribution < 1.29 is 0 Å². The molecule has 0 fully saturated rings. The summed E-state index contributed by atoms with van der Waals surface area (Å²) in [6, 6.07) is 6.71. The molecule has 1 atom stereocenters. The fraction of sp³-hybridized carbons (Fsp3) is 0.500. The number of nitrogens with one attached hydrogen (secondary N) is 1. The summed E-state index contributed by atoms with van der Waals surface area (Å²) in [6.45, 7) is 10.8. The smallest absolute Gasteiger partial charge is 0.130 e. The normalized spacial score (nSPS) is 12.6. The van der Waals surface area contributed by atoms with Crippen LogP contribution in [0.3, 0.4) is 0 Å². The summed E-state index contributed by atoms with van der Waals surface area (Å²) < 4.78 is 2.27. The zero-order valence-electron chi connectivity index (χ0n) is 13.7. The summed E-state index contributed by atoms with van der Waals surface area (Å²) in [5, 5.41) is 3.67. The van der Waals surface area contributed by atoms with Crippen molar-refractivity contribution in [3.8, 4) is 0 Å². The minimum Gasteiger partial charge on any atom is -0.333 e. The molecule has 2 aromatic rings. The van der Waals surface area contributed by atoms with E-state index in [9.17, 15) is 0 Å². The number of aromatic nitrogens is 2. The standard InChI is InChI=1S/C18H27N3/c1-5-10-19-17(16-9-7-8-14(3)15(16)4)18-20-11-13-21(18)12-6-2/h7-9,11,13,17,19H,5-6,10,12H2,1-4H3. The van der Waals surface area contributed by atoms with Gasteiger partial charge in [-0.2, -0.15) is 0 Å². The largest absolute Gasteiger partial charge is 0.333 e. The van der Waals surface area contributed by atoms with Crippen LogP contribution in [0, 0.1) is 13.8 Å². The summed E-state index contributed by atoms with van der Waals surface area (Å²) >= 11 is 0. The maximum atomic E-state index is 4.64. The van der Waals surface area contributed by atoms with Crippen LogP contribution in [0.25, 0.3) is 0 Å². The van der Waals surface area contributed by atoms with Gasteiger partial charge in [-0.25, -0.2) is 4.98 Å². The molecule has 0 aliphatic rings. The summed E-state index contributed by atoms with van der Waals surface area (Å²) in [7, 11) is 0. The first-order chi connectivity index (χ1) is 10.2. The quantitative estimate of drug-likeness (QED) is 0.833. The predicted molar refractivity (Wildman–Crippen MR) is 88.6 cm³/mol. The van der Waals surface area contributed by atoms with Gasteiger partial charge in [-0.3, -0.25) is 0 Å². The van der Waals surface area contributed by atoms with Crippen molar-refractivity contribution in [1.82, 2.24) is 14.9 Å². The van der Waals surface area contributed by atoms with Crippen molar-refractivity contribution in [2.75, 3.05) is 6.54 Å². The fourth-order valence-corrected chi connectivity index (χ4v) is 2.73. The second-order valence-electron chi connectivity index (χ2n) is 5.66. The Morgan fingerprint density at radius 1 is 1.19 bits per heavy atom. The molecule has 0 radical (unpaired) electrons. The molecule has 3 heteroatoms. The minimum absolute atomic E-state index is 0.173. The average molecular weight is 285 g/mol. The molecular weight excluding hydrogens is 258 g/mol. The van der Waals surface area contributed by atoms with Gasteiger partial charge in [0.2, 0.25) is 0 Å². The lowest BCUT2D eigenvalue weighted by Crippen LogP contribution is -2.27. The topological polar surface area (TPSA) is 29.9 Å². The highest BCUT2D eigenvalue weighted by Gasteiger charge is 2.20. The first-order valence-electron chi connectivity index (χ1n) is 7.99. The van der Waals surface area contributed by atoms with Crippen molar-refractivity contribution in [3.63, 3.8) is 0 Å². The number of imidazole rings is 1. The molecule has 1 aromatic carbocycles. The molecule has 0 aliphatic heterocycles. The van der Waals surface area contributed by atoms with E-state index in [4.69, 9.17) is 0 Å². The number of aryl methyl sites for hydroxylation is 2. The highest BCUT2D eigenvalue weighted by molar-refractivity contribution is 5.38. The van der Waals surface area contributed by atoms with Crippen LogP contribution < -0.4 is 5.32 Å². The van der Waals surface area contributed by atoms with E-state index in [0.29, 0.717) is 0 Å². The van der Waals surface area contributed by atoms with Crippen LogP contribution in [0.4, 0.5) is 0 Å². The van der Waals surface area contributed by atoms with E-state index < -0.39 is 0 Å². The van der Waals surface area contributed by atoms with Gasteiger partial charge >= 0.3 is 0 Å². The second kappa shape index (κ2) is 7.41. The SMILES string of the molecule is CCCNC(c1cccc(C)c1C)c1nccn1CCC. The first kappa shape index (κ1) is 15.8. The van der Waals surface area contributed by atoms with E-state index in [1.54, 1.807) is 0 Å². The lowest BCUT2D eigenvalue weighted by atomic mass is 9.96. The van der Waals surface area contributed by atoms with Crippen LogP contribution in [0.5, 0.6) is 0 Å². The van der Waals surface area contributed by atoms with E-state index in [0.717, 1.165) is 31.8 Å². The van der Waals surface area contributed by atoms with Crippen LogP contribution >= 0.6 is 0 Å². The Balaban J connectivity index is 2.42. The first-order valence-corrected chi connectivity index (χ1v) is 7.99. The molecule has 1 aromatic heterocycles. The summed E-state index contributed by atoms with van der Waals surface area (Å²) in [5.41, 5.74) is 4.04. The van der Waals surface area contributed by atoms with E-state index in [1.165, 1.54) is 16.7 Å². The van der Waals surface area contributed by atoms with Crippen LogP contribution in [0.2, 0.25) is 0 Å². The molecule has 0 saturated heterocycles. The minimum atomic E-state index is 0.173. The molecule has 1 heterocycles. The van der Waals surface area contributed by atoms with Crippen LogP contribution in [0.15, 0.2) is 30.6 Å². The Kier molecular flexibility index (Phi) is 5.57. The highest BCUT2D eigenvalue weighted by Crippen LogP contribution is 2.26. The van der Waals surface area contributed by atoms with Crippen molar-refractivity contribution in [2.45, 2.75) is 53.1 Å². The predicted octanol–water partition coefficient (Wildman–Crippen LogP) is 4.00. The van der Waals surface area contributed by atoms with Gasteiger partial charge in [0.25, 0.3) is 0 Å². The van der Waals surface area contributed by atoms with Crippen LogP contribution in [0.1, 0.15) is 55.2 Å². The van der Waals surface area contributed by atoms with E-state index in [-0.39, 0.29) is 6.04 Å². The molecule has 0 saturated carbocycles. The zero-order valence-corrected chi connectivity index (χ0v) is 13.7. The third-order valence-corrected chi connectivity index (χ3v) is 4.03. The Bertz CT molecular complexity index is 572. The van der Waals surface area contributed by atoms with Gasteiger partial charge in [-0.15, -0.1) is 0 Å².